The van der Waals surface area contributed by atoms with E-state index in [4.69, 9.17) is 4.74 Å². The Kier molecular flexibility index (Phi) is 5.53. The van der Waals surface area contributed by atoms with E-state index < -0.39 is 0 Å². The van der Waals surface area contributed by atoms with Crippen molar-refractivity contribution in [3.05, 3.63) is 72.3 Å². The molecule has 142 valence electrons. The zero-order valence-electron chi connectivity index (χ0n) is 15.4. The Hall–Kier alpha value is -3.32. The molecule has 0 aromatic carbocycles. The van der Waals surface area contributed by atoms with Crippen molar-refractivity contribution in [2.24, 2.45) is 0 Å². The van der Waals surface area contributed by atoms with Gasteiger partial charge in [0.1, 0.15) is 5.82 Å². The monoisotopic (exact) mass is 375 g/mol. The molecule has 1 saturated heterocycles. The molecule has 0 spiro atoms. The molecule has 1 aliphatic heterocycles. The number of amides is 1. The first kappa shape index (κ1) is 18.1. The molecule has 0 bridgehead atoms. The maximum Gasteiger partial charge on any atom is 0.251 e. The number of carbonyl (C=O) groups is 1. The lowest BCUT2D eigenvalue weighted by Crippen LogP contribution is -2.36. The number of hydrogen-bond acceptors (Lipinski definition) is 6. The van der Waals surface area contributed by atoms with Gasteiger partial charge in [0.25, 0.3) is 5.91 Å². The lowest BCUT2D eigenvalue weighted by atomic mass is 10.1. The zero-order chi connectivity index (χ0) is 19.2. The third-order valence-corrected chi connectivity index (χ3v) is 4.58. The molecule has 3 aromatic heterocycles. The van der Waals surface area contributed by atoms with Crippen molar-refractivity contribution in [1.82, 2.24) is 20.3 Å². The fourth-order valence-electron chi connectivity index (χ4n) is 3.03. The third-order valence-electron chi connectivity index (χ3n) is 4.58. The Morgan fingerprint density at radius 3 is 2.71 bits per heavy atom. The molecule has 0 unspecified atom stereocenters. The van der Waals surface area contributed by atoms with Crippen LogP contribution in [0.25, 0.3) is 11.3 Å². The predicted molar refractivity (Wildman–Crippen MR) is 106 cm³/mol. The van der Waals surface area contributed by atoms with Crippen molar-refractivity contribution in [3.8, 4) is 11.3 Å². The van der Waals surface area contributed by atoms with Gasteiger partial charge in [-0.25, -0.2) is 4.98 Å². The van der Waals surface area contributed by atoms with Gasteiger partial charge in [0.05, 0.1) is 18.9 Å². The minimum atomic E-state index is -0.148. The fourth-order valence-corrected chi connectivity index (χ4v) is 3.03. The Labute approximate surface area is 163 Å². The van der Waals surface area contributed by atoms with Crippen molar-refractivity contribution in [2.45, 2.75) is 6.54 Å². The van der Waals surface area contributed by atoms with Crippen LogP contribution in [0.3, 0.4) is 0 Å². The van der Waals surface area contributed by atoms with Crippen molar-refractivity contribution < 1.29 is 9.53 Å². The number of anilines is 1. The first-order valence-corrected chi connectivity index (χ1v) is 9.22. The topological polar surface area (TPSA) is 80.2 Å². The van der Waals surface area contributed by atoms with Gasteiger partial charge < -0.3 is 15.0 Å². The summed E-state index contributed by atoms with van der Waals surface area (Å²) < 4.78 is 5.38. The van der Waals surface area contributed by atoms with Gasteiger partial charge in [-0.2, -0.15) is 0 Å². The van der Waals surface area contributed by atoms with Gasteiger partial charge in [-0.1, -0.05) is 6.07 Å². The van der Waals surface area contributed by atoms with Crippen LogP contribution in [0.4, 0.5) is 5.82 Å². The highest BCUT2D eigenvalue weighted by Gasteiger charge is 2.13. The van der Waals surface area contributed by atoms with Gasteiger partial charge in [-0.3, -0.25) is 14.8 Å². The van der Waals surface area contributed by atoms with Crippen LogP contribution < -0.4 is 10.2 Å². The molecule has 0 aliphatic carbocycles. The van der Waals surface area contributed by atoms with Crippen LogP contribution in [0.2, 0.25) is 0 Å². The number of hydrogen-bond donors (Lipinski definition) is 1. The minimum absolute atomic E-state index is 0.148. The summed E-state index contributed by atoms with van der Waals surface area (Å²) in [6.07, 6.45) is 6.88. The number of nitrogens with one attached hydrogen (secondary N) is 1. The van der Waals surface area contributed by atoms with E-state index in [1.165, 1.54) is 0 Å². The molecular weight excluding hydrogens is 354 g/mol. The number of morpholine rings is 1. The molecule has 0 atom stereocenters. The second-order valence-electron chi connectivity index (χ2n) is 6.48. The summed E-state index contributed by atoms with van der Waals surface area (Å²) in [5.41, 5.74) is 3.10. The molecule has 1 amide bonds. The van der Waals surface area contributed by atoms with E-state index in [1.54, 1.807) is 36.9 Å². The van der Waals surface area contributed by atoms with Crippen LogP contribution in [0.5, 0.6) is 0 Å². The number of aromatic nitrogens is 3. The molecule has 7 heteroatoms. The molecule has 1 fully saturated rings. The molecule has 1 aliphatic rings. The van der Waals surface area contributed by atoms with Crippen LogP contribution >= 0.6 is 0 Å². The summed E-state index contributed by atoms with van der Waals surface area (Å²) in [6.45, 7) is 3.57. The number of rotatable bonds is 5. The summed E-state index contributed by atoms with van der Waals surface area (Å²) in [5.74, 6) is 0.780. The Morgan fingerprint density at radius 2 is 1.96 bits per heavy atom. The van der Waals surface area contributed by atoms with E-state index in [0.717, 1.165) is 48.9 Å². The Balaban J connectivity index is 1.44. The summed E-state index contributed by atoms with van der Waals surface area (Å²) >= 11 is 0. The van der Waals surface area contributed by atoms with E-state index in [2.05, 4.69) is 25.2 Å². The van der Waals surface area contributed by atoms with Gasteiger partial charge >= 0.3 is 0 Å². The highest BCUT2D eigenvalue weighted by atomic mass is 16.5. The molecular formula is C21H21N5O2. The first-order chi connectivity index (χ1) is 13.8. The highest BCUT2D eigenvalue weighted by molar-refractivity contribution is 5.95. The van der Waals surface area contributed by atoms with E-state index in [9.17, 15) is 4.79 Å². The smallest absolute Gasteiger partial charge is 0.251 e. The lowest BCUT2D eigenvalue weighted by molar-refractivity contribution is 0.0951. The zero-order valence-corrected chi connectivity index (χ0v) is 15.4. The van der Waals surface area contributed by atoms with Gasteiger partial charge in [0, 0.05) is 55.5 Å². The molecule has 0 radical (unpaired) electrons. The summed E-state index contributed by atoms with van der Waals surface area (Å²) in [7, 11) is 0. The quantitative estimate of drug-likeness (QED) is 0.737. The Bertz CT molecular complexity index is 925. The standard InChI is InChI=1S/C21H21N5O2/c27-21(25-14-16-2-1-6-22-13-16)17-5-7-23-19(12-17)18-3-4-20(24-15-18)26-8-10-28-11-9-26/h1-7,12-13,15H,8-11,14H2,(H,25,27). The van der Waals surface area contributed by atoms with Crippen LogP contribution in [0, 0.1) is 0 Å². The van der Waals surface area contributed by atoms with E-state index in [0.29, 0.717) is 12.1 Å². The van der Waals surface area contributed by atoms with Gasteiger partial charge in [-0.05, 0) is 35.9 Å². The largest absolute Gasteiger partial charge is 0.378 e. The molecule has 4 heterocycles. The molecule has 4 rings (SSSR count). The van der Waals surface area contributed by atoms with Crippen LogP contribution in [-0.2, 0) is 11.3 Å². The molecule has 7 nitrogen and oxygen atoms in total. The SMILES string of the molecule is O=C(NCc1cccnc1)c1ccnc(-c2ccc(N3CCOCC3)nc2)c1. The molecule has 0 saturated carbocycles. The number of nitrogens with zero attached hydrogens (tertiary/aromatic N) is 4. The van der Waals surface area contributed by atoms with Gasteiger partial charge in [-0.15, -0.1) is 0 Å². The predicted octanol–water partition coefficient (Wildman–Crippen LogP) is 2.31. The average Bonchev–Trinajstić information content (AvgIpc) is 2.79. The normalized spacial score (nSPS) is 13.9. The average molecular weight is 375 g/mol. The van der Waals surface area contributed by atoms with Gasteiger partial charge in [0.2, 0.25) is 0 Å². The Morgan fingerprint density at radius 1 is 1.07 bits per heavy atom. The van der Waals surface area contributed by atoms with Crippen LogP contribution in [-0.4, -0.2) is 47.2 Å². The summed E-state index contributed by atoms with van der Waals surface area (Å²) in [5, 5.41) is 2.91. The maximum atomic E-state index is 12.5. The van der Waals surface area contributed by atoms with Crippen molar-refractivity contribution in [1.29, 1.82) is 0 Å². The second kappa shape index (κ2) is 8.58. The summed E-state index contributed by atoms with van der Waals surface area (Å²) in [4.78, 5) is 27.7. The number of ether oxygens (including phenoxy) is 1. The molecule has 1 N–H and O–H groups in total. The fraction of sp³-hybridized carbons (Fsp3) is 0.238. The van der Waals surface area contributed by atoms with E-state index >= 15 is 0 Å². The maximum absolute atomic E-state index is 12.5. The highest BCUT2D eigenvalue weighted by Crippen LogP contribution is 2.20. The van der Waals surface area contributed by atoms with Crippen LogP contribution in [0.1, 0.15) is 15.9 Å². The summed E-state index contributed by atoms with van der Waals surface area (Å²) in [6, 6.07) is 11.2. The van der Waals surface area contributed by atoms with Gasteiger partial charge in [0.15, 0.2) is 0 Å². The van der Waals surface area contributed by atoms with Crippen LogP contribution in [0.15, 0.2) is 61.2 Å². The molecule has 28 heavy (non-hydrogen) atoms. The second-order valence-corrected chi connectivity index (χ2v) is 6.48. The van der Waals surface area contributed by atoms with E-state index in [1.807, 2.05) is 24.3 Å². The van der Waals surface area contributed by atoms with Crippen molar-refractivity contribution in [2.75, 3.05) is 31.2 Å². The number of pyridine rings is 3. The number of carbonyl (C=O) groups excluding carboxylic acids is 1. The third kappa shape index (κ3) is 4.32. The molecule has 3 aromatic rings. The van der Waals surface area contributed by atoms with Crippen molar-refractivity contribution >= 4 is 11.7 Å². The van der Waals surface area contributed by atoms with Crippen molar-refractivity contribution in [3.63, 3.8) is 0 Å². The van der Waals surface area contributed by atoms with E-state index in [-0.39, 0.29) is 5.91 Å². The lowest BCUT2D eigenvalue weighted by Gasteiger charge is -2.27. The minimum Gasteiger partial charge on any atom is -0.378 e. The first-order valence-electron chi connectivity index (χ1n) is 9.22.